The van der Waals surface area contributed by atoms with Crippen LogP contribution in [0.5, 0.6) is 5.75 Å². The van der Waals surface area contributed by atoms with E-state index in [1.807, 2.05) is 24.3 Å². The fourth-order valence-corrected chi connectivity index (χ4v) is 4.34. The minimum atomic E-state index is -4.67. The number of piperidine rings is 1. The van der Waals surface area contributed by atoms with Crippen LogP contribution in [0.3, 0.4) is 0 Å². The Kier molecular flexibility index (Phi) is 4.28. The van der Waals surface area contributed by atoms with Gasteiger partial charge < -0.3 is 4.74 Å². The predicted molar refractivity (Wildman–Crippen MR) is 92.3 cm³/mol. The molecule has 0 bridgehead atoms. The van der Waals surface area contributed by atoms with Gasteiger partial charge in [-0.15, -0.1) is 13.2 Å². The van der Waals surface area contributed by atoms with Gasteiger partial charge in [-0.2, -0.15) is 0 Å². The molecule has 2 aliphatic rings. The van der Waals surface area contributed by atoms with Crippen LogP contribution in [0.15, 0.2) is 53.0 Å². The van der Waals surface area contributed by atoms with Crippen molar-refractivity contribution < 1.29 is 17.9 Å². The van der Waals surface area contributed by atoms with Crippen molar-refractivity contribution in [2.24, 2.45) is 11.8 Å². The number of rotatable bonds is 4. The summed E-state index contributed by atoms with van der Waals surface area (Å²) < 4.78 is 42.0. The van der Waals surface area contributed by atoms with Gasteiger partial charge >= 0.3 is 6.36 Å². The summed E-state index contributed by atoms with van der Waals surface area (Å²) in [5, 5.41) is 0. The van der Waals surface area contributed by atoms with Crippen LogP contribution < -0.4 is 4.74 Å². The van der Waals surface area contributed by atoms with E-state index >= 15 is 0 Å². The van der Waals surface area contributed by atoms with Gasteiger partial charge in [0.2, 0.25) is 0 Å². The molecule has 1 aliphatic heterocycles. The second-order valence-corrected chi connectivity index (χ2v) is 7.63. The van der Waals surface area contributed by atoms with Gasteiger partial charge in [0, 0.05) is 19.6 Å². The fraction of sp³-hybridized carbons (Fsp3) is 0.368. The van der Waals surface area contributed by atoms with E-state index in [2.05, 4.69) is 37.7 Å². The highest BCUT2D eigenvalue weighted by Crippen LogP contribution is 2.59. The summed E-state index contributed by atoms with van der Waals surface area (Å²) in [7, 11) is 0. The molecule has 1 heterocycles. The van der Waals surface area contributed by atoms with E-state index in [1.165, 1.54) is 11.6 Å². The maximum atomic E-state index is 12.5. The lowest BCUT2D eigenvalue weighted by Crippen LogP contribution is -2.23. The topological polar surface area (TPSA) is 12.5 Å². The summed E-state index contributed by atoms with van der Waals surface area (Å²) in [6, 6.07) is 15.4. The lowest BCUT2D eigenvalue weighted by Gasteiger charge is -2.20. The molecule has 2 fully saturated rings. The maximum Gasteiger partial charge on any atom is 0.573 e. The Morgan fingerprint density at radius 1 is 1.04 bits per heavy atom. The van der Waals surface area contributed by atoms with Crippen LogP contribution in [-0.4, -0.2) is 24.4 Å². The third kappa shape index (κ3) is 3.70. The van der Waals surface area contributed by atoms with Crippen LogP contribution in [0.4, 0.5) is 13.2 Å². The molecule has 2 aromatic carbocycles. The molecule has 3 atom stereocenters. The molecule has 1 aliphatic carbocycles. The van der Waals surface area contributed by atoms with Gasteiger partial charge in [-0.05, 0) is 56.9 Å². The van der Waals surface area contributed by atoms with Gasteiger partial charge in [0.1, 0.15) is 5.75 Å². The summed E-state index contributed by atoms with van der Waals surface area (Å²) in [5.41, 5.74) is 2.24. The smallest absolute Gasteiger partial charge is 0.405 e. The average Bonchev–Trinajstić information content (AvgIpc) is 3.05. The number of fused-ring (bicyclic) bond motifs is 1. The molecular weight excluding hydrogens is 395 g/mol. The van der Waals surface area contributed by atoms with Crippen LogP contribution in [0.1, 0.15) is 17.0 Å². The SMILES string of the molecule is FC(F)(F)Oc1cc([C@H]2[C@@H]3CN(Cc4ccccc4)C[C@@H]32)ccc1Br. The molecule has 1 saturated heterocycles. The van der Waals surface area contributed by atoms with E-state index in [0.29, 0.717) is 22.2 Å². The third-order valence-electron chi connectivity index (χ3n) is 5.08. The van der Waals surface area contributed by atoms with Crippen LogP contribution in [0.2, 0.25) is 0 Å². The van der Waals surface area contributed by atoms with Crippen molar-refractivity contribution in [3.05, 3.63) is 64.1 Å². The number of halogens is 4. The molecule has 0 aromatic heterocycles. The highest BCUT2D eigenvalue weighted by atomic mass is 79.9. The zero-order chi connectivity index (χ0) is 17.6. The normalized spacial score (nSPS) is 25.7. The monoisotopic (exact) mass is 411 g/mol. The van der Waals surface area contributed by atoms with E-state index in [1.54, 1.807) is 6.07 Å². The largest absolute Gasteiger partial charge is 0.573 e. The standard InChI is InChI=1S/C19H17BrF3NO/c20-16-7-6-13(8-17(16)25-19(21,22)23)18-14-10-24(11-15(14)18)9-12-4-2-1-3-5-12/h1-8,14-15,18H,9-11H2/t14-,15+,18+. The van der Waals surface area contributed by atoms with Crippen molar-refractivity contribution in [1.82, 2.24) is 4.90 Å². The van der Waals surface area contributed by atoms with Crippen LogP contribution in [0.25, 0.3) is 0 Å². The van der Waals surface area contributed by atoms with Crippen molar-refractivity contribution in [2.75, 3.05) is 13.1 Å². The molecular formula is C19H17BrF3NO. The first-order valence-corrected chi connectivity index (χ1v) is 9.01. The van der Waals surface area contributed by atoms with Crippen molar-refractivity contribution >= 4 is 15.9 Å². The highest BCUT2D eigenvalue weighted by molar-refractivity contribution is 9.10. The maximum absolute atomic E-state index is 12.5. The highest BCUT2D eigenvalue weighted by Gasteiger charge is 2.56. The number of hydrogen-bond donors (Lipinski definition) is 0. The summed E-state index contributed by atoms with van der Waals surface area (Å²) >= 11 is 3.13. The van der Waals surface area contributed by atoms with Crippen molar-refractivity contribution in [2.45, 2.75) is 18.8 Å². The minimum Gasteiger partial charge on any atom is -0.405 e. The Bertz CT molecular complexity index is 753. The predicted octanol–water partition coefficient (Wildman–Crippen LogP) is 5.19. The van der Waals surface area contributed by atoms with E-state index in [0.717, 1.165) is 25.2 Å². The molecule has 6 heteroatoms. The number of nitrogens with zero attached hydrogens (tertiary/aromatic N) is 1. The molecule has 0 amide bonds. The molecule has 2 aromatic rings. The van der Waals surface area contributed by atoms with E-state index in [4.69, 9.17) is 0 Å². The van der Waals surface area contributed by atoms with E-state index in [-0.39, 0.29) is 5.75 Å². The summed E-state index contributed by atoms with van der Waals surface area (Å²) in [6.45, 7) is 2.93. The van der Waals surface area contributed by atoms with E-state index in [9.17, 15) is 13.2 Å². The third-order valence-corrected chi connectivity index (χ3v) is 5.74. The van der Waals surface area contributed by atoms with Crippen molar-refractivity contribution in [3.8, 4) is 5.75 Å². The molecule has 0 spiro atoms. The Morgan fingerprint density at radius 3 is 2.36 bits per heavy atom. The Balaban J connectivity index is 1.41. The number of ether oxygens (including phenoxy) is 1. The zero-order valence-electron chi connectivity index (χ0n) is 13.3. The molecule has 4 rings (SSSR count). The molecule has 1 saturated carbocycles. The molecule has 0 unspecified atom stereocenters. The van der Waals surface area contributed by atoms with E-state index < -0.39 is 6.36 Å². The van der Waals surface area contributed by atoms with Gasteiger partial charge in [-0.25, -0.2) is 0 Å². The summed E-state index contributed by atoms with van der Waals surface area (Å²) in [5.74, 6) is 1.25. The molecule has 25 heavy (non-hydrogen) atoms. The molecule has 0 radical (unpaired) electrons. The number of likely N-dealkylation sites (tertiary alicyclic amines) is 1. The Labute approximate surface area is 152 Å². The fourth-order valence-electron chi connectivity index (χ4n) is 4.01. The van der Waals surface area contributed by atoms with Gasteiger partial charge in [0.15, 0.2) is 0 Å². The zero-order valence-corrected chi connectivity index (χ0v) is 14.9. The summed E-state index contributed by atoms with van der Waals surface area (Å²) in [6.07, 6.45) is -4.67. The van der Waals surface area contributed by atoms with Gasteiger partial charge in [0.25, 0.3) is 0 Å². The minimum absolute atomic E-state index is 0.156. The van der Waals surface area contributed by atoms with Gasteiger partial charge in [-0.3, -0.25) is 4.90 Å². The first-order valence-electron chi connectivity index (χ1n) is 8.22. The summed E-state index contributed by atoms with van der Waals surface area (Å²) in [4.78, 5) is 2.42. The molecule has 2 nitrogen and oxygen atoms in total. The van der Waals surface area contributed by atoms with Crippen molar-refractivity contribution in [1.29, 1.82) is 0 Å². The first kappa shape index (κ1) is 16.9. The van der Waals surface area contributed by atoms with Crippen LogP contribution >= 0.6 is 15.9 Å². The first-order chi connectivity index (χ1) is 11.9. The lowest BCUT2D eigenvalue weighted by molar-refractivity contribution is -0.274. The lowest BCUT2D eigenvalue weighted by atomic mass is 10.1. The van der Waals surface area contributed by atoms with Gasteiger partial charge in [0.05, 0.1) is 4.47 Å². The Hall–Kier alpha value is -1.53. The second-order valence-electron chi connectivity index (χ2n) is 6.77. The number of benzene rings is 2. The van der Waals surface area contributed by atoms with Crippen LogP contribution in [-0.2, 0) is 6.54 Å². The molecule has 0 N–H and O–H groups in total. The van der Waals surface area contributed by atoms with Gasteiger partial charge in [-0.1, -0.05) is 36.4 Å². The second kappa shape index (κ2) is 6.32. The number of alkyl halides is 3. The van der Waals surface area contributed by atoms with Crippen LogP contribution in [0, 0.1) is 11.8 Å². The Morgan fingerprint density at radius 2 is 1.72 bits per heavy atom. The quantitative estimate of drug-likeness (QED) is 0.685. The number of hydrogen-bond acceptors (Lipinski definition) is 2. The van der Waals surface area contributed by atoms with Crippen molar-refractivity contribution in [3.63, 3.8) is 0 Å². The molecule has 132 valence electrons. The average molecular weight is 412 g/mol.